The van der Waals surface area contributed by atoms with Gasteiger partial charge in [0.25, 0.3) is 5.78 Å². The maximum Gasteiger partial charge on any atom is 0.253 e. The summed E-state index contributed by atoms with van der Waals surface area (Å²) in [6.07, 6.45) is 3.34. The molecule has 0 saturated carbocycles. The van der Waals surface area contributed by atoms with Crippen LogP contribution in [-0.4, -0.2) is 32.8 Å². The van der Waals surface area contributed by atoms with Gasteiger partial charge in [0.1, 0.15) is 18.9 Å². The molecule has 1 aromatic carbocycles. The first-order chi connectivity index (χ1) is 12.9. The number of ether oxygens (including phenoxy) is 2. The number of hydrogen-bond acceptors (Lipinski definition) is 7. The second-order valence-electron chi connectivity index (χ2n) is 5.68. The minimum absolute atomic E-state index is 0.545. The van der Waals surface area contributed by atoms with Gasteiger partial charge in [-0.3, -0.25) is 0 Å². The first kappa shape index (κ1) is 15.3. The first-order valence-corrected chi connectivity index (χ1v) is 9.12. The Bertz CT molecular complexity index is 1060. The van der Waals surface area contributed by atoms with Crippen molar-refractivity contribution in [2.24, 2.45) is 0 Å². The SMILES string of the molecule is c1coc(-c2ccnc3nc(SCc4ccc5c(c4)OCCO5)nn23)c1. The lowest BCUT2D eigenvalue weighted by molar-refractivity contribution is 0.171. The maximum absolute atomic E-state index is 5.63. The normalized spacial score (nSPS) is 13.2. The van der Waals surface area contributed by atoms with E-state index in [1.807, 2.05) is 36.4 Å². The van der Waals surface area contributed by atoms with Gasteiger partial charge < -0.3 is 13.9 Å². The Morgan fingerprint density at radius 2 is 2.00 bits per heavy atom. The van der Waals surface area contributed by atoms with E-state index in [-0.39, 0.29) is 0 Å². The molecule has 130 valence electrons. The molecule has 8 heteroatoms. The predicted molar refractivity (Wildman–Crippen MR) is 95.5 cm³/mol. The van der Waals surface area contributed by atoms with Crippen LogP contribution in [0.25, 0.3) is 17.2 Å². The van der Waals surface area contributed by atoms with Crippen molar-refractivity contribution in [3.63, 3.8) is 0 Å². The Morgan fingerprint density at radius 3 is 2.88 bits per heavy atom. The summed E-state index contributed by atoms with van der Waals surface area (Å²) >= 11 is 1.55. The van der Waals surface area contributed by atoms with Crippen molar-refractivity contribution in [1.29, 1.82) is 0 Å². The Labute approximate surface area is 153 Å². The quantitative estimate of drug-likeness (QED) is 0.512. The molecule has 3 aromatic heterocycles. The zero-order valence-corrected chi connectivity index (χ0v) is 14.5. The molecular formula is C18H14N4O3S. The molecule has 5 rings (SSSR count). The van der Waals surface area contributed by atoms with Gasteiger partial charge in [-0.05, 0) is 35.9 Å². The van der Waals surface area contributed by atoms with E-state index in [0.717, 1.165) is 34.3 Å². The molecule has 4 aromatic rings. The molecule has 0 unspecified atom stereocenters. The molecular weight excluding hydrogens is 352 g/mol. The van der Waals surface area contributed by atoms with E-state index in [2.05, 4.69) is 15.1 Å². The minimum Gasteiger partial charge on any atom is -0.486 e. The van der Waals surface area contributed by atoms with Gasteiger partial charge in [-0.15, -0.1) is 5.10 Å². The highest BCUT2D eigenvalue weighted by Crippen LogP contribution is 2.32. The topological polar surface area (TPSA) is 74.7 Å². The fraction of sp³-hybridized carbons (Fsp3) is 0.167. The molecule has 0 fully saturated rings. The summed E-state index contributed by atoms with van der Waals surface area (Å²) in [6.45, 7) is 1.18. The molecule has 7 nitrogen and oxygen atoms in total. The zero-order chi connectivity index (χ0) is 17.3. The predicted octanol–water partition coefficient (Wildman–Crippen LogP) is 3.45. The van der Waals surface area contributed by atoms with Crippen LogP contribution in [0.2, 0.25) is 0 Å². The molecule has 1 aliphatic rings. The Morgan fingerprint density at radius 1 is 1.08 bits per heavy atom. The monoisotopic (exact) mass is 366 g/mol. The van der Waals surface area contributed by atoms with Crippen LogP contribution in [0.15, 0.2) is 58.4 Å². The van der Waals surface area contributed by atoms with Crippen LogP contribution in [-0.2, 0) is 5.75 Å². The number of hydrogen-bond donors (Lipinski definition) is 0. The number of furan rings is 1. The Kier molecular flexibility index (Phi) is 3.75. The van der Waals surface area contributed by atoms with E-state index in [1.165, 1.54) is 0 Å². The van der Waals surface area contributed by atoms with Gasteiger partial charge in [-0.2, -0.15) is 9.50 Å². The van der Waals surface area contributed by atoms with E-state index in [9.17, 15) is 0 Å². The van der Waals surface area contributed by atoms with Crippen molar-refractivity contribution in [2.45, 2.75) is 10.9 Å². The number of nitrogens with zero attached hydrogens (tertiary/aromatic N) is 4. The highest BCUT2D eigenvalue weighted by atomic mass is 32.2. The highest BCUT2D eigenvalue weighted by Gasteiger charge is 2.14. The van der Waals surface area contributed by atoms with Crippen LogP contribution in [0.1, 0.15) is 5.56 Å². The third kappa shape index (κ3) is 2.78. The summed E-state index contributed by atoms with van der Waals surface area (Å²) in [4.78, 5) is 8.77. The van der Waals surface area contributed by atoms with Crippen molar-refractivity contribution in [2.75, 3.05) is 13.2 Å². The number of aromatic nitrogens is 4. The smallest absolute Gasteiger partial charge is 0.253 e. The van der Waals surface area contributed by atoms with Crippen molar-refractivity contribution in [3.05, 3.63) is 54.4 Å². The van der Waals surface area contributed by atoms with Gasteiger partial charge in [-0.25, -0.2) is 4.98 Å². The molecule has 4 heterocycles. The van der Waals surface area contributed by atoms with Gasteiger partial charge in [-0.1, -0.05) is 17.8 Å². The van der Waals surface area contributed by atoms with Crippen LogP contribution < -0.4 is 9.47 Å². The molecule has 26 heavy (non-hydrogen) atoms. The van der Waals surface area contributed by atoms with Crippen LogP contribution in [0.5, 0.6) is 11.5 Å². The van der Waals surface area contributed by atoms with Gasteiger partial charge in [0.2, 0.25) is 5.16 Å². The fourth-order valence-electron chi connectivity index (χ4n) is 2.77. The van der Waals surface area contributed by atoms with E-state index >= 15 is 0 Å². The summed E-state index contributed by atoms with van der Waals surface area (Å²) in [5.41, 5.74) is 1.94. The molecule has 0 spiro atoms. The van der Waals surface area contributed by atoms with Gasteiger partial charge in [0.15, 0.2) is 17.3 Å². The summed E-state index contributed by atoms with van der Waals surface area (Å²) < 4.78 is 18.4. The molecule has 0 amide bonds. The molecule has 0 N–H and O–H groups in total. The average molecular weight is 366 g/mol. The van der Waals surface area contributed by atoms with E-state index < -0.39 is 0 Å². The summed E-state index contributed by atoms with van der Waals surface area (Å²) in [5, 5.41) is 5.22. The lowest BCUT2D eigenvalue weighted by Crippen LogP contribution is -2.15. The summed E-state index contributed by atoms with van der Waals surface area (Å²) in [6, 6.07) is 11.6. The van der Waals surface area contributed by atoms with E-state index in [1.54, 1.807) is 28.7 Å². The van der Waals surface area contributed by atoms with Crippen LogP contribution in [0.3, 0.4) is 0 Å². The number of benzene rings is 1. The fourth-order valence-corrected chi connectivity index (χ4v) is 3.53. The molecule has 0 radical (unpaired) electrons. The summed E-state index contributed by atoms with van der Waals surface area (Å²) in [7, 11) is 0. The largest absolute Gasteiger partial charge is 0.486 e. The van der Waals surface area contributed by atoms with E-state index in [4.69, 9.17) is 13.9 Å². The highest BCUT2D eigenvalue weighted by molar-refractivity contribution is 7.98. The molecule has 0 atom stereocenters. The molecule has 1 aliphatic heterocycles. The van der Waals surface area contributed by atoms with Crippen molar-refractivity contribution < 1.29 is 13.9 Å². The molecule has 0 saturated heterocycles. The number of rotatable bonds is 4. The van der Waals surface area contributed by atoms with E-state index in [0.29, 0.717) is 24.1 Å². The van der Waals surface area contributed by atoms with Crippen molar-refractivity contribution in [3.8, 4) is 23.0 Å². The van der Waals surface area contributed by atoms with Gasteiger partial charge in [0, 0.05) is 11.9 Å². The zero-order valence-electron chi connectivity index (χ0n) is 13.7. The third-order valence-corrected chi connectivity index (χ3v) is 4.88. The standard InChI is InChI=1S/C18H14N4O3S/c1-2-14(23-7-1)13-5-6-19-17-20-18(21-22(13)17)26-11-12-3-4-15-16(10-12)25-9-8-24-15/h1-7,10H,8-9,11H2. The number of thioether (sulfide) groups is 1. The second-order valence-corrected chi connectivity index (χ2v) is 6.62. The van der Waals surface area contributed by atoms with Crippen LogP contribution >= 0.6 is 11.8 Å². The summed E-state index contributed by atoms with van der Waals surface area (Å²) in [5.74, 6) is 3.58. The second kappa shape index (κ2) is 6.38. The third-order valence-electron chi connectivity index (χ3n) is 3.97. The van der Waals surface area contributed by atoms with Crippen LogP contribution in [0.4, 0.5) is 0 Å². The first-order valence-electron chi connectivity index (χ1n) is 8.14. The lowest BCUT2D eigenvalue weighted by atomic mass is 10.2. The lowest BCUT2D eigenvalue weighted by Gasteiger charge is -2.18. The van der Waals surface area contributed by atoms with Crippen molar-refractivity contribution >= 4 is 17.5 Å². The van der Waals surface area contributed by atoms with Crippen molar-refractivity contribution in [1.82, 2.24) is 19.6 Å². The van der Waals surface area contributed by atoms with Gasteiger partial charge in [0.05, 0.1) is 6.26 Å². The maximum atomic E-state index is 5.63. The minimum atomic E-state index is 0.545. The molecule has 0 bridgehead atoms. The Balaban J connectivity index is 1.39. The average Bonchev–Trinajstić information content (AvgIpc) is 3.35. The van der Waals surface area contributed by atoms with Crippen LogP contribution in [0, 0.1) is 0 Å². The molecule has 0 aliphatic carbocycles. The Hall–Kier alpha value is -3.00. The number of fused-ring (bicyclic) bond motifs is 2. The van der Waals surface area contributed by atoms with Gasteiger partial charge >= 0.3 is 0 Å².